The van der Waals surface area contributed by atoms with Crippen LogP contribution < -0.4 is 15.8 Å². The average molecular weight is 289 g/mol. The van der Waals surface area contributed by atoms with Gasteiger partial charge in [-0.3, -0.25) is 4.79 Å². The van der Waals surface area contributed by atoms with Crippen LogP contribution in [0, 0.1) is 5.82 Å². The number of hydrogen-bond acceptors (Lipinski definition) is 4. The Balaban J connectivity index is 2.10. The monoisotopic (exact) mass is 289 g/mol. The van der Waals surface area contributed by atoms with Gasteiger partial charge in [-0.2, -0.15) is 0 Å². The van der Waals surface area contributed by atoms with E-state index in [0.29, 0.717) is 11.3 Å². The van der Waals surface area contributed by atoms with Crippen LogP contribution in [-0.4, -0.2) is 18.0 Å². The largest absolute Gasteiger partial charge is 0.494 e. The number of benzene rings is 1. The van der Waals surface area contributed by atoms with Crippen LogP contribution in [0.2, 0.25) is 0 Å². The van der Waals surface area contributed by atoms with E-state index in [9.17, 15) is 9.18 Å². The highest BCUT2D eigenvalue weighted by atomic mass is 19.1. The topological polar surface area (TPSA) is 77.2 Å². The summed E-state index contributed by atoms with van der Waals surface area (Å²) in [5.74, 6) is -0.655. The minimum Gasteiger partial charge on any atom is -0.494 e. The number of aromatic nitrogens is 1. The van der Waals surface area contributed by atoms with E-state index in [4.69, 9.17) is 10.5 Å². The van der Waals surface area contributed by atoms with Gasteiger partial charge in [0.15, 0.2) is 11.6 Å². The maximum atomic E-state index is 13.7. The van der Waals surface area contributed by atoms with Crippen LogP contribution >= 0.6 is 0 Å². The molecule has 0 fully saturated rings. The Labute approximate surface area is 121 Å². The van der Waals surface area contributed by atoms with E-state index in [-0.39, 0.29) is 23.4 Å². The highest BCUT2D eigenvalue weighted by Gasteiger charge is 2.14. The molecule has 0 radical (unpaired) electrons. The Bertz CT molecular complexity index is 644. The number of carbonyl (C=O) groups is 1. The molecule has 5 nitrogen and oxygen atoms in total. The Kier molecular flexibility index (Phi) is 4.37. The maximum absolute atomic E-state index is 13.7. The van der Waals surface area contributed by atoms with Crippen LogP contribution in [0.5, 0.6) is 5.75 Å². The molecule has 1 amide bonds. The predicted octanol–water partition coefficient (Wildman–Crippen LogP) is 2.30. The number of rotatable bonds is 4. The highest BCUT2D eigenvalue weighted by Crippen LogP contribution is 2.21. The Morgan fingerprint density at radius 3 is 2.71 bits per heavy atom. The van der Waals surface area contributed by atoms with Crippen LogP contribution in [0.4, 0.5) is 10.1 Å². The van der Waals surface area contributed by atoms with Gasteiger partial charge < -0.3 is 15.8 Å². The first-order valence-corrected chi connectivity index (χ1v) is 6.37. The van der Waals surface area contributed by atoms with Crippen molar-refractivity contribution in [1.29, 1.82) is 0 Å². The number of nitrogens with two attached hydrogens (primary N) is 1. The Morgan fingerprint density at radius 1 is 1.38 bits per heavy atom. The number of nitrogen functional groups attached to an aromatic ring is 1. The van der Waals surface area contributed by atoms with Crippen LogP contribution in [0.25, 0.3) is 0 Å². The number of nitrogens with zero attached hydrogens (tertiary/aromatic N) is 1. The number of anilines is 1. The summed E-state index contributed by atoms with van der Waals surface area (Å²) in [5, 5.41) is 2.75. The van der Waals surface area contributed by atoms with Crippen LogP contribution in [0.3, 0.4) is 0 Å². The van der Waals surface area contributed by atoms with Crippen molar-refractivity contribution in [2.45, 2.75) is 13.0 Å². The van der Waals surface area contributed by atoms with Gasteiger partial charge in [0.1, 0.15) is 5.69 Å². The molecular formula is C15H16FN3O2. The van der Waals surface area contributed by atoms with Crippen molar-refractivity contribution in [2.24, 2.45) is 0 Å². The van der Waals surface area contributed by atoms with E-state index in [1.165, 1.54) is 31.5 Å². The molecule has 3 N–H and O–H groups in total. The molecule has 0 spiro atoms. The summed E-state index contributed by atoms with van der Waals surface area (Å²) in [6.07, 6.45) is 1.41. The number of amides is 1. The lowest BCUT2D eigenvalue weighted by atomic mass is 10.1. The summed E-state index contributed by atoms with van der Waals surface area (Å²) in [6, 6.07) is 7.32. The number of hydrogen-bond donors (Lipinski definition) is 2. The molecule has 21 heavy (non-hydrogen) atoms. The number of pyridine rings is 1. The van der Waals surface area contributed by atoms with Crippen molar-refractivity contribution in [3.8, 4) is 5.75 Å². The number of methoxy groups -OCH3 is 1. The van der Waals surface area contributed by atoms with Crippen molar-refractivity contribution in [3.05, 3.63) is 53.6 Å². The molecule has 1 atom stereocenters. The number of nitrogens with one attached hydrogen (secondary N) is 1. The summed E-state index contributed by atoms with van der Waals surface area (Å²) in [6.45, 7) is 1.76. The molecule has 0 aliphatic carbocycles. The van der Waals surface area contributed by atoms with Gasteiger partial charge in [0.2, 0.25) is 0 Å². The zero-order chi connectivity index (χ0) is 15.4. The quantitative estimate of drug-likeness (QED) is 0.905. The first-order chi connectivity index (χ1) is 10.0. The van der Waals surface area contributed by atoms with Gasteiger partial charge in [0.05, 0.1) is 25.0 Å². The van der Waals surface area contributed by atoms with Crippen molar-refractivity contribution in [3.63, 3.8) is 0 Å². The normalized spacial score (nSPS) is 11.8. The maximum Gasteiger partial charge on any atom is 0.270 e. The molecule has 2 rings (SSSR count). The van der Waals surface area contributed by atoms with E-state index < -0.39 is 5.82 Å². The molecule has 1 aromatic heterocycles. The Hall–Kier alpha value is -2.63. The van der Waals surface area contributed by atoms with E-state index in [1.54, 1.807) is 19.1 Å². The summed E-state index contributed by atoms with van der Waals surface area (Å²) in [5.41, 5.74) is 6.89. The van der Waals surface area contributed by atoms with Crippen molar-refractivity contribution in [1.82, 2.24) is 10.3 Å². The van der Waals surface area contributed by atoms with Crippen molar-refractivity contribution >= 4 is 11.6 Å². The van der Waals surface area contributed by atoms with Gasteiger partial charge in [-0.15, -0.1) is 0 Å². The molecule has 6 heteroatoms. The van der Waals surface area contributed by atoms with Gasteiger partial charge in [-0.25, -0.2) is 9.37 Å². The van der Waals surface area contributed by atoms with Crippen molar-refractivity contribution < 1.29 is 13.9 Å². The molecule has 1 heterocycles. The molecule has 0 aliphatic rings. The fraction of sp³-hybridized carbons (Fsp3) is 0.200. The molecule has 110 valence electrons. The zero-order valence-electron chi connectivity index (χ0n) is 11.8. The number of carbonyl (C=O) groups excluding carboxylic acids is 1. The van der Waals surface area contributed by atoms with Gasteiger partial charge in [0, 0.05) is 0 Å². The van der Waals surface area contributed by atoms with Crippen LogP contribution in [0.15, 0.2) is 36.5 Å². The summed E-state index contributed by atoms with van der Waals surface area (Å²) >= 11 is 0. The van der Waals surface area contributed by atoms with E-state index in [0.717, 1.165) is 0 Å². The van der Waals surface area contributed by atoms with Gasteiger partial charge in [-0.05, 0) is 36.8 Å². The van der Waals surface area contributed by atoms with Gasteiger partial charge in [-0.1, -0.05) is 6.07 Å². The minimum absolute atomic E-state index is 0.164. The number of ether oxygens (including phenoxy) is 1. The second-order valence-corrected chi connectivity index (χ2v) is 4.57. The molecule has 0 saturated carbocycles. The molecule has 0 saturated heterocycles. The van der Waals surface area contributed by atoms with Gasteiger partial charge in [0.25, 0.3) is 5.91 Å². The fourth-order valence-corrected chi connectivity index (χ4v) is 1.85. The molecule has 0 aliphatic heterocycles. The summed E-state index contributed by atoms with van der Waals surface area (Å²) in [4.78, 5) is 16.0. The molecule has 2 aromatic rings. The molecule has 0 bridgehead atoms. The van der Waals surface area contributed by atoms with Crippen LogP contribution in [-0.2, 0) is 0 Å². The predicted molar refractivity (Wildman–Crippen MR) is 77.5 cm³/mol. The zero-order valence-corrected chi connectivity index (χ0v) is 11.8. The third-order valence-electron chi connectivity index (χ3n) is 3.04. The second kappa shape index (κ2) is 6.21. The first-order valence-electron chi connectivity index (χ1n) is 6.37. The highest BCUT2D eigenvalue weighted by molar-refractivity contribution is 5.92. The second-order valence-electron chi connectivity index (χ2n) is 4.57. The van der Waals surface area contributed by atoms with Crippen LogP contribution in [0.1, 0.15) is 29.0 Å². The Morgan fingerprint density at radius 2 is 2.14 bits per heavy atom. The lowest BCUT2D eigenvalue weighted by molar-refractivity contribution is 0.0935. The SMILES string of the molecule is COc1ccc(C(C)NC(=O)c2ccc(N)cn2)cc1F. The molecule has 1 unspecified atom stereocenters. The smallest absolute Gasteiger partial charge is 0.270 e. The van der Waals surface area contributed by atoms with E-state index in [1.807, 2.05) is 0 Å². The fourth-order valence-electron chi connectivity index (χ4n) is 1.85. The lowest BCUT2D eigenvalue weighted by Crippen LogP contribution is -2.27. The lowest BCUT2D eigenvalue weighted by Gasteiger charge is -2.15. The molecule has 1 aromatic carbocycles. The number of halogens is 1. The average Bonchev–Trinajstić information content (AvgIpc) is 2.47. The molecular weight excluding hydrogens is 273 g/mol. The summed E-state index contributed by atoms with van der Waals surface area (Å²) in [7, 11) is 1.40. The van der Waals surface area contributed by atoms with E-state index >= 15 is 0 Å². The van der Waals surface area contributed by atoms with Gasteiger partial charge >= 0.3 is 0 Å². The van der Waals surface area contributed by atoms with E-state index in [2.05, 4.69) is 10.3 Å². The summed E-state index contributed by atoms with van der Waals surface area (Å²) < 4.78 is 18.5. The van der Waals surface area contributed by atoms with Crippen molar-refractivity contribution in [2.75, 3.05) is 12.8 Å². The third kappa shape index (κ3) is 3.47. The minimum atomic E-state index is -0.471. The third-order valence-corrected chi connectivity index (χ3v) is 3.04. The standard InChI is InChI=1S/C15H16FN3O2/c1-9(10-3-6-14(21-2)12(16)7-10)19-15(20)13-5-4-11(17)8-18-13/h3-9H,17H2,1-2H3,(H,19,20). The first kappa shape index (κ1) is 14.8.